The summed E-state index contributed by atoms with van der Waals surface area (Å²) in [7, 11) is 0. The number of piperidine rings is 2. The van der Waals surface area contributed by atoms with Crippen molar-refractivity contribution in [3.63, 3.8) is 0 Å². The number of anilines is 5. The van der Waals surface area contributed by atoms with Crippen LogP contribution in [0.2, 0.25) is 0 Å². The molecule has 1 aliphatic carbocycles. The highest BCUT2D eigenvalue weighted by Gasteiger charge is 2.27. The monoisotopic (exact) mass is 874 g/mol. The van der Waals surface area contributed by atoms with Gasteiger partial charge in [-0.05, 0) is 105 Å². The molecule has 1 amide bonds. The molecule has 0 atom stereocenters. The summed E-state index contributed by atoms with van der Waals surface area (Å²) in [4.78, 5) is 39.2. The van der Waals surface area contributed by atoms with Crippen LogP contribution in [0.15, 0.2) is 18.2 Å². The van der Waals surface area contributed by atoms with E-state index < -0.39 is 0 Å². The SMILES string of the molecule is O=C1CCc2cc(OCCCCc3nnnn3C3CCCCC3)ccc2N1.OCCN(CCO)c1nc(N2CCCCC2)c2nc(N(CCO)CCO)nc(N3CCCCC3)c2n1. The molecule has 0 unspecified atom stereocenters. The van der Waals surface area contributed by atoms with Gasteiger partial charge in [-0.25, -0.2) is 14.6 Å². The number of benzene rings is 1. The number of nitrogens with zero attached hydrogens (tertiary/aromatic N) is 12. The molecule has 4 aromatic rings. The Morgan fingerprint density at radius 1 is 0.683 bits per heavy atom. The zero-order valence-corrected chi connectivity index (χ0v) is 36.8. The second-order valence-electron chi connectivity index (χ2n) is 16.9. The van der Waals surface area contributed by atoms with Crippen molar-refractivity contribution in [1.82, 2.24) is 40.1 Å². The first-order valence-corrected chi connectivity index (χ1v) is 23.3. The summed E-state index contributed by atoms with van der Waals surface area (Å²) in [6.45, 7) is 5.06. The molecule has 0 spiro atoms. The first-order valence-electron chi connectivity index (χ1n) is 23.3. The average molecular weight is 874 g/mol. The highest BCUT2D eigenvalue weighted by atomic mass is 16.5. The number of aromatic nitrogens is 8. The molecule has 6 heterocycles. The van der Waals surface area contributed by atoms with E-state index in [9.17, 15) is 25.2 Å². The third kappa shape index (κ3) is 12.2. The van der Waals surface area contributed by atoms with E-state index in [-0.39, 0.29) is 32.3 Å². The minimum absolute atomic E-state index is 0.0772. The Bertz CT molecular complexity index is 1950. The lowest BCUT2D eigenvalue weighted by atomic mass is 9.95. The fourth-order valence-electron chi connectivity index (χ4n) is 9.02. The van der Waals surface area contributed by atoms with E-state index >= 15 is 0 Å². The predicted octanol–water partition coefficient (Wildman–Crippen LogP) is 3.45. The van der Waals surface area contributed by atoms with E-state index in [2.05, 4.69) is 35.3 Å². The summed E-state index contributed by atoms with van der Waals surface area (Å²) in [5.41, 5.74) is 3.37. The number of hydrogen-bond acceptors (Lipinski definition) is 17. The molecule has 5 N–H and O–H groups in total. The quantitative estimate of drug-likeness (QED) is 0.0851. The molecule has 1 saturated carbocycles. The van der Waals surface area contributed by atoms with Crippen LogP contribution in [-0.2, 0) is 17.6 Å². The minimum atomic E-state index is -0.0772. The van der Waals surface area contributed by atoms with Gasteiger partial charge in [0.15, 0.2) is 17.5 Å². The number of aliphatic hydroxyl groups is 4. The van der Waals surface area contributed by atoms with Crippen molar-refractivity contribution >= 4 is 46.2 Å². The topological polar surface area (TPSA) is 227 Å². The Hall–Kier alpha value is -4.98. The van der Waals surface area contributed by atoms with Gasteiger partial charge in [0.1, 0.15) is 16.8 Å². The molecule has 63 heavy (non-hydrogen) atoms. The molecule has 8 rings (SSSR count). The van der Waals surface area contributed by atoms with E-state index in [0.717, 1.165) is 112 Å². The first kappa shape index (κ1) is 46.0. The maximum atomic E-state index is 11.4. The zero-order valence-electron chi connectivity index (χ0n) is 36.8. The smallest absolute Gasteiger partial charge is 0.228 e. The van der Waals surface area contributed by atoms with Crippen LogP contribution in [0.4, 0.5) is 29.2 Å². The average Bonchev–Trinajstić information content (AvgIpc) is 3.80. The number of rotatable bonds is 19. The second kappa shape index (κ2) is 23.6. The molecule has 0 bridgehead atoms. The Morgan fingerprint density at radius 2 is 1.24 bits per heavy atom. The summed E-state index contributed by atoms with van der Waals surface area (Å²) in [6.07, 6.45) is 17.1. The number of nitrogens with one attached hydrogen (secondary N) is 1. The van der Waals surface area contributed by atoms with Crippen molar-refractivity contribution in [2.75, 3.05) is 110 Å². The third-order valence-corrected chi connectivity index (χ3v) is 12.4. The molecule has 19 heteroatoms. The number of amides is 1. The number of unbranched alkanes of at least 4 members (excludes halogenated alkanes) is 1. The van der Waals surface area contributed by atoms with Crippen molar-refractivity contribution in [3.05, 3.63) is 29.6 Å². The lowest BCUT2D eigenvalue weighted by Crippen LogP contribution is -2.36. The van der Waals surface area contributed by atoms with E-state index in [1.807, 2.05) is 18.2 Å². The van der Waals surface area contributed by atoms with Crippen LogP contribution in [0.3, 0.4) is 0 Å². The van der Waals surface area contributed by atoms with Gasteiger partial charge in [-0.2, -0.15) is 9.97 Å². The third-order valence-electron chi connectivity index (χ3n) is 12.4. The van der Waals surface area contributed by atoms with Gasteiger partial charge in [-0.3, -0.25) is 4.79 Å². The van der Waals surface area contributed by atoms with Crippen LogP contribution in [0.5, 0.6) is 5.75 Å². The number of tetrazole rings is 1. The van der Waals surface area contributed by atoms with E-state index in [0.29, 0.717) is 68.2 Å². The van der Waals surface area contributed by atoms with Crippen LogP contribution in [0.1, 0.15) is 107 Å². The number of aryl methyl sites for hydroxylation is 2. The van der Waals surface area contributed by atoms with Crippen molar-refractivity contribution < 1.29 is 30.0 Å². The number of fused-ring (bicyclic) bond motifs is 2. The van der Waals surface area contributed by atoms with Crippen LogP contribution in [0.25, 0.3) is 11.0 Å². The normalized spacial score (nSPS) is 16.9. The van der Waals surface area contributed by atoms with Gasteiger partial charge in [-0.1, -0.05) is 19.3 Å². The summed E-state index contributed by atoms with van der Waals surface area (Å²) in [6, 6.07) is 6.38. The lowest BCUT2D eigenvalue weighted by molar-refractivity contribution is -0.116. The minimum Gasteiger partial charge on any atom is -0.494 e. The fourth-order valence-corrected chi connectivity index (χ4v) is 9.02. The molecule has 344 valence electrons. The zero-order chi connectivity index (χ0) is 43.8. The number of aliphatic hydroxyl groups excluding tert-OH is 4. The number of ether oxygens (including phenoxy) is 1. The van der Waals surface area contributed by atoms with E-state index in [1.165, 1.54) is 44.9 Å². The van der Waals surface area contributed by atoms with Crippen molar-refractivity contribution in [2.45, 2.75) is 109 Å². The summed E-state index contributed by atoms with van der Waals surface area (Å²) in [5.74, 6) is 4.32. The van der Waals surface area contributed by atoms with Crippen molar-refractivity contribution in [2.24, 2.45) is 0 Å². The highest BCUT2D eigenvalue weighted by Crippen LogP contribution is 2.35. The van der Waals surface area contributed by atoms with E-state index in [4.69, 9.17) is 24.7 Å². The second-order valence-corrected chi connectivity index (χ2v) is 16.9. The highest BCUT2D eigenvalue weighted by molar-refractivity contribution is 5.95. The van der Waals surface area contributed by atoms with Gasteiger partial charge < -0.3 is 50.1 Å². The van der Waals surface area contributed by atoms with Gasteiger partial charge in [0, 0.05) is 70.9 Å². The molecular weight excluding hydrogens is 807 g/mol. The summed E-state index contributed by atoms with van der Waals surface area (Å²) >= 11 is 0. The van der Waals surface area contributed by atoms with Gasteiger partial charge in [0.05, 0.1) is 39.1 Å². The van der Waals surface area contributed by atoms with Gasteiger partial charge in [-0.15, -0.1) is 5.10 Å². The maximum Gasteiger partial charge on any atom is 0.228 e. The molecule has 19 nitrogen and oxygen atoms in total. The Morgan fingerprint density at radius 3 is 1.79 bits per heavy atom. The van der Waals surface area contributed by atoms with Crippen LogP contribution in [0, 0.1) is 0 Å². The van der Waals surface area contributed by atoms with Gasteiger partial charge >= 0.3 is 0 Å². The number of carbonyl (C=O) groups is 1. The Labute approximate surface area is 369 Å². The first-order chi connectivity index (χ1) is 31.0. The summed E-state index contributed by atoms with van der Waals surface area (Å²) in [5, 5.41) is 53.8. The molecule has 3 aromatic heterocycles. The molecule has 3 aliphatic heterocycles. The Kier molecular flexibility index (Phi) is 17.3. The van der Waals surface area contributed by atoms with Crippen LogP contribution < -0.4 is 29.7 Å². The van der Waals surface area contributed by atoms with Crippen LogP contribution in [-0.4, -0.2) is 152 Å². The van der Waals surface area contributed by atoms with Gasteiger partial charge in [0.25, 0.3) is 0 Å². The van der Waals surface area contributed by atoms with Gasteiger partial charge in [0.2, 0.25) is 17.8 Å². The largest absolute Gasteiger partial charge is 0.494 e. The van der Waals surface area contributed by atoms with Crippen LogP contribution >= 0.6 is 0 Å². The Balaban J connectivity index is 0.000000196. The molecular formula is C44H67N13O6. The van der Waals surface area contributed by atoms with Crippen molar-refractivity contribution in [1.29, 1.82) is 0 Å². The van der Waals surface area contributed by atoms with Crippen molar-refractivity contribution in [3.8, 4) is 5.75 Å². The molecule has 4 aliphatic rings. The lowest BCUT2D eigenvalue weighted by Gasteiger charge is -2.33. The maximum absolute atomic E-state index is 11.4. The molecule has 3 fully saturated rings. The fraction of sp³-hybridized carbons (Fsp3) is 0.682. The molecule has 2 saturated heterocycles. The number of hydrogen-bond donors (Lipinski definition) is 5. The standard InChI is InChI=1S/C24H40N8O4.C20H27N5O2/c33-15-11-31(12-16-34)23-26-20-19(21(27-23)29-7-3-1-4-8-29)25-24(32(13-17-35)14-18-36)28-22(20)30-9-5-2-6-10-30;26-20-12-9-15-14-17(10-11-18(15)21-20)27-13-5-4-8-19-22-23-24-25(19)16-6-2-1-3-7-16/h33-36H,1-18H2;10-11,14,16H,1-9,12-13H2,(H,21,26). The number of carbonyl (C=O) groups excluding carboxylic acids is 1. The summed E-state index contributed by atoms with van der Waals surface area (Å²) < 4.78 is 7.95. The predicted molar refractivity (Wildman–Crippen MR) is 242 cm³/mol. The molecule has 1 aromatic carbocycles. The van der Waals surface area contributed by atoms with E-state index in [1.54, 1.807) is 9.80 Å². The molecule has 0 radical (unpaired) electrons.